The first-order valence-corrected chi connectivity index (χ1v) is 7.02. The standard InChI is InChI=1S/C16H21NO3/c1-11(2)8-9-20-13-6-4-12(5-7-13)14-10-15(18)17(3)16(14)19/h4-7,11,14H,8-10H2,1-3H3/t14-/m0/s1. The fourth-order valence-electron chi connectivity index (χ4n) is 2.22. The highest BCUT2D eigenvalue weighted by Gasteiger charge is 2.36. The molecule has 1 atom stereocenters. The van der Waals surface area contributed by atoms with Crippen LogP contribution < -0.4 is 4.74 Å². The summed E-state index contributed by atoms with van der Waals surface area (Å²) in [4.78, 5) is 24.6. The summed E-state index contributed by atoms with van der Waals surface area (Å²) in [6.45, 7) is 5.01. The smallest absolute Gasteiger partial charge is 0.236 e. The summed E-state index contributed by atoms with van der Waals surface area (Å²) in [5.74, 6) is 0.851. The molecule has 0 spiro atoms. The number of likely N-dealkylation sites (N-methyl/N-ethyl adjacent to an activating group) is 1. The lowest BCUT2D eigenvalue weighted by atomic mass is 9.97. The van der Waals surface area contributed by atoms with Crippen molar-refractivity contribution in [3.05, 3.63) is 29.8 Å². The van der Waals surface area contributed by atoms with Crippen LogP contribution in [-0.2, 0) is 9.59 Å². The molecule has 1 fully saturated rings. The third-order valence-corrected chi connectivity index (χ3v) is 3.63. The van der Waals surface area contributed by atoms with Crippen molar-refractivity contribution in [2.75, 3.05) is 13.7 Å². The van der Waals surface area contributed by atoms with Gasteiger partial charge in [0, 0.05) is 13.5 Å². The van der Waals surface area contributed by atoms with Gasteiger partial charge in [-0.25, -0.2) is 0 Å². The van der Waals surface area contributed by atoms with Crippen LogP contribution in [0, 0.1) is 5.92 Å². The van der Waals surface area contributed by atoms with Gasteiger partial charge in [-0.3, -0.25) is 14.5 Å². The van der Waals surface area contributed by atoms with Crippen molar-refractivity contribution >= 4 is 11.8 Å². The number of rotatable bonds is 5. The largest absolute Gasteiger partial charge is 0.494 e. The monoisotopic (exact) mass is 275 g/mol. The van der Waals surface area contributed by atoms with E-state index in [1.165, 1.54) is 11.9 Å². The molecule has 2 rings (SSSR count). The maximum Gasteiger partial charge on any atom is 0.236 e. The Balaban J connectivity index is 1.98. The fourth-order valence-corrected chi connectivity index (χ4v) is 2.22. The molecule has 2 amide bonds. The first-order valence-electron chi connectivity index (χ1n) is 7.02. The molecule has 108 valence electrons. The Bertz CT molecular complexity index is 493. The van der Waals surface area contributed by atoms with Gasteiger partial charge in [0.2, 0.25) is 11.8 Å². The van der Waals surface area contributed by atoms with Crippen LogP contribution in [0.5, 0.6) is 5.75 Å². The number of nitrogens with zero attached hydrogens (tertiary/aromatic N) is 1. The number of imide groups is 1. The lowest BCUT2D eigenvalue weighted by Crippen LogP contribution is -2.25. The van der Waals surface area contributed by atoms with Crippen molar-refractivity contribution in [1.82, 2.24) is 4.90 Å². The molecule has 1 aromatic rings. The highest BCUT2D eigenvalue weighted by atomic mass is 16.5. The molecule has 1 aliphatic rings. The summed E-state index contributed by atoms with van der Waals surface area (Å²) < 4.78 is 5.64. The summed E-state index contributed by atoms with van der Waals surface area (Å²) in [6.07, 6.45) is 1.28. The van der Waals surface area contributed by atoms with E-state index in [0.717, 1.165) is 17.7 Å². The molecule has 0 aromatic heterocycles. The Morgan fingerprint density at radius 1 is 1.25 bits per heavy atom. The molecule has 4 nitrogen and oxygen atoms in total. The minimum Gasteiger partial charge on any atom is -0.494 e. The molecular weight excluding hydrogens is 254 g/mol. The van der Waals surface area contributed by atoms with Crippen LogP contribution in [0.15, 0.2) is 24.3 Å². The van der Waals surface area contributed by atoms with Gasteiger partial charge in [0.05, 0.1) is 12.5 Å². The van der Waals surface area contributed by atoms with Gasteiger partial charge < -0.3 is 4.74 Å². The molecule has 0 N–H and O–H groups in total. The van der Waals surface area contributed by atoms with Crippen LogP contribution in [0.1, 0.15) is 38.2 Å². The van der Waals surface area contributed by atoms with Crippen LogP contribution in [0.4, 0.5) is 0 Å². The predicted molar refractivity (Wildman–Crippen MR) is 76.5 cm³/mol. The minimum absolute atomic E-state index is 0.114. The van der Waals surface area contributed by atoms with E-state index in [4.69, 9.17) is 4.74 Å². The van der Waals surface area contributed by atoms with E-state index < -0.39 is 0 Å². The maximum absolute atomic E-state index is 11.9. The number of carbonyl (C=O) groups excluding carboxylic acids is 2. The van der Waals surface area contributed by atoms with E-state index in [1.807, 2.05) is 24.3 Å². The van der Waals surface area contributed by atoms with Gasteiger partial charge >= 0.3 is 0 Å². The Morgan fingerprint density at radius 3 is 2.40 bits per heavy atom. The van der Waals surface area contributed by atoms with Crippen LogP contribution in [0.3, 0.4) is 0 Å². The Hall–Kier alpha value is -1.84. The van der Waals surface area contributed by atoms with Gasteiger partial charge in [-0.15, -0.1) is 0 Å². The third-order valence-electron chi connectivity index (χ3n) is 3.63. The Labute approximate surface area is 119 Å². The second kappa shape index (κ2) is 6.07. The lowest BCUT2D eigenvalue weighted by molar-refractivity contribution is -0.137. The molecule has 1 heterocycles. The Kier molecular flexibility index (Phi) is 4.42. The van der Waals surface area contributed by atoms with Gasteiger partial charge in [0.25, 0.3) is 0 Å². The fraction of sp³-hybridized carbons (Fsp3) is 0.500. The average Bonchev–Trinajstić information content (AvgIpc) is 2.67. The molecule has 4 heteroatoms. The number of hydrogen-bond acceptors (Lipinski definition) is 3. The number of carbonyl (C=O) groups is 2. The quantitative estimate of drug-likeness (QED) is 0.776. The van der Waals surface area contributed by atoms with Crippen LogP contribution in [0.2, 0.25) is 0 Å². The van der Waals surface area contributed by atoms with Gasteiger partial charge in [0.1, 0.15) is 5.75 Å². The van der Waals surface area contributed by atoms with Crippen molar-refractivity contribution in [3.63, 3.8) is 0 Å². The number of amides is 2. The van der Waals surface area contributed by atoms with Crippen molar-refractivity contribution < 1.29 is 14.3 Å². The van der Waals surface area contributed by atoms with Gasteiger partial charge in [0.15, 0.2) is 0 Å². The second-order valence-electron chi connectivity index (χ2n) is 5.65. The first kappa shape index (κ1) is 14.6. The summed E-state index contributed by atoms with van der Waals surface area (Å²) in [6, 6.07) is 7.48. The van der Waals surface area contributed by atoms with Crippen LogP contribution >= 0.6 is 0 Å². The zero-order chi connectivity index (χ0) is 14.7. The molecule has 20 heavy (non-hydrogen) atoms. The minimum atomic E-state index is -0.336. The summed E-state index contributed by atoms with van der Waals surface area (Å²) in [5.41, 5.74) is 0.879. The number of ether oxygens (including phenoxy) is 1. The molecular formula is C16H21NO3. The zero-order valence-electron chi connectivity index (χ0n) is 12.3. The molecule has 0 bridgehead atoms. The SMILES string of the molecule is CC(C)CCOc1ccc([C@@H]2CC(=O)N(C)C2=O)cc1. The van der Waals surface area contributed by atoms with E-state index in [2.05, 4.69) is 13.8 Å². The summed E-state index contributed by atoms with van der Waals surface area (Å²) >= 11 is 0. The molecule has 1 aromatic carbocycles. The normalized spacial score (nSPS) is 19.0. The van der Waals surface area contributed by atoms with E-state index in [9.17, 15) is 9.59 Å². The van der Waals surface area contributed by atoms with Crippen molar-refractivity contribution in [2.45, 2.75) is 32.6 Å². The average molecular weight is 275 g/mol. The summed E-state index contributed by atoms with van der Waals surface area (Å²) in [5, 5.41) is 0. The third kappa shape index (κ3) is 3.18. The molecule has 1 saturated heterocycles. The van der Waals surface area contributed by atoms with E-state index in [1.54, 1.807) is 0 Å². The first-order chi connectivity index (χ1) is 9.49. The number of likely N-dealkylation sites (tertiary alicyclic amines) is 1. The highest BCUT2D eigenvalue weighted by molar-refractivity contribution is 6.05. The van der Waals surface area contributed by atoms with Crippen LogP contribution in [0.25, 0.3) is 0 Å². The van der Waals surface area contributed by atoms with E-state index in [-0.39, 0.29) is 24.2 Å². The molecule has 0 saturated carbocycles. The number of benzene rings is 1. The maximum atomic E-state index is 11.9. The van der Waals surface area contributed by atoms with Crippen molar-refractivity contribution in [3.8, 4) is 5.75 Å². The Morgan fingerprint density at radius 2 is 1.90 bits per heavy atom. The molecule has 1 aliphatic heterocycles. The van der Waals surface area contributed by atoms with E-state index >= 15 is 0 Å². The second-order valence-corrected chi connectivity index (χ2v) is 5.65. The topological polar surface area (TPSA) is 46.6 Å². The lowest BCUT2D eigenvalue weighted by Gasteiger charge is -2.11. The molecule has 0 unspecified atom stereocenters. The van der Waals surface area contributed by atoms with Crippen LogP contribution in [-0.4, -0.2) is 30.4 Å². The van der Waals surface area contributed by atoms with Gasteiger partial charge in [-0.2, -0.15) is 0 Å². The van der Waals surface area contributed by atoms with Crippen molar-refractivity contribution in [1.29, 1.82) is 0 Å². The molecule has 0 aliphatic carbocycles. The summed E-state index contributed by atoms with van der Waals surface area (Å²) in [7, 11) is 1.54. The zero-order valence-corrected chi connectivity index (χ0v) is 12.3. The molecule has 0 radical (unpaired) electrons. The van der Waals surface area contributed by atoms with Gasteiger partial charge in [-0.05, 0) is 30.0 Å². The highest BCUT2D eigenvalue weighted by Crippen LogP contribution is 2.29. The van der Waals surface area contributed by atoms with Crippen molar-refractivity contribution in [2.24, 2.45) is 5.92 Å². The van der Waals surface area contributed by atoms with E-state index in [0.29, 0.717) is 12.5 Å². The predicted octanol–water partition coefficient (Wildman–Crippen LogP) is 2.58. The van der Waals surface area contributed by atoms with Gasteiger partial charge in [-0.1, -0.05) is 26.0 Å². The number of hydrogen-bond donors (Lipinski definition) is 0.